The van der Waals surface area contributed by atoms with E-state index >= 15 is 0 Å². The first-order valence-corrected chi connectivity index (χ1v) is 7.66. The van der Waals surface area contributed by atoms with Gasteiger partial charge >= 0.3 is 0 Å². The lowest BCUT2D eigenvalue weighted by molar-refractivity contribution is 0.0889. The highest BCUT2D eigenvalue weighted by Gasteiger charge is 2.24. The third-order valence-electron chi connectivity index (χ3n) is 3.87. The van der Waals surface area contributed by atoms with E-state index in [-0.39, 0.29) is 11.4 Å². The Kier molecular flexibility index (Phi) is 4.72. The standard InChI is InChI=1S/C13H20ClN5O2/c1-20-10-3-2-4-19(9-10)13-16-11(14)15-12(17-13)18-5-7-21-8-6-18/h10H,2-9H2,1H3. The lowest BCUT2D eigenvalue weighted by Crippen LogP contribution is -2.41. The van der Waals surface area contributed by atoms with Gasteiger partial charge in [-0.15, -0.1) is 0 Å². The molecule has 2 saturated heterocycles. The van der Waals surface area contributed by atoms with Crippen molar-refractivity contribution in [1.82, 2.24) is 15.0 Å². The zero-order valence-corrected chi connectivity index (χ0v) is 12.9. The molecule has 0 N–H and O–H groups in total. The second-order valence-corrected chi connectivity index (χ2v) is 5.59. The van der Waals surface area contributed by atoms with Gasteiger partial charge in [-0.3, -0.25) is 0 Å². The molecule has 1 atom stereocenters. The largest absolute Gasteiger partial charge is 0.380 e. The summed E-state index contributed by atoms with van der Waals surface area (Å²) in [7, 11) is 1.74. The monoisotopic (exact) mass is 313 g/mol. The Morgan fingerprint density at radius 3 is 2.52 bits per heavy atom. The molecule has 1 unspecified atom stereocenters. The molecule has 2 aliphatic rings. The first-order chi connectivity index (χ1) is 10.3. The fraction of sp³-hybridized carbons (Fsp3) is 0.769. The molecule has 0 radical (unpaired) electrons. The molecule has 1 aromatic rings. The molecule has 21 heavy (non-hydrogen) atoms. The molecule has 0 aliphatic carbocycles. The Bertz CT molecular complexity index is 484. The van der Waals surface area contributed by atoms with Gasteiger partial charge in [-0.1, -0.05) is 0 Å². The van der Waals surface area contributed by atoms with E-state index in [0.29, 0.717) is 25.1 Å². The van der Waals surface area contributed by atoms with E-state index in [1.165, 1.54) is 0 Å². The smallest absolute Gasteiger partial charge is 0.231 e. The van der Waals surface area contributed by atoms with Crippen molar-refractivity contribution < 1.29 is 9.47 Å². The number of rotatable bonds is 3. The fourth-order valence-electron chi connectivity index (χ4n) is 2.69. The Hall–Kier alpha value is -1.18. The Morgan fingerprint density at radius 1 is 1.10 bits per heavy atom. The van der Waals surface area contributed by atoms with Crippen LogP contribution in [-0.4, -0.2) is 67.6 Å². The van der Waals surface area contributed by atoms with Crippen LogP contribution in [0.4, 0.5) is 11.9 Å². The van der Waals surface area contributed by atoms with E-state index in [2.05, 4.69) is 24.8 Å². The summed E-state index contributed by atoms with van der Waals surface area (Å²) >= 11 is 6.08. The quantitative estimate of drug-likeness (QED) is 0.824. The fourth-order valence-corrected chi connectivity index (χ4v) is 2.84. The predicted octanol–water partition coefficient (Wildman–Crippen LogP) is 0.977. The topological polar surface area (TPSA) is 63.6 Å². The predicted molar refractivity (Wildman–Crippen MR) is 80.1 cm³/mol. The average molecular weight is 314 g/mol. The second kappa shape index (κ2) is 6.72. The average Bonchev–Trinajstić information content (AvgIpc) is 2.55. The minimum Gasteiger partial charge on any atom is -0.380 e. The van der Waals surface area contributed by atoms with E-state index in [1.807, 2.05) is 0 Å². The van der Waals surface area contributed by atoms with Crippen LogP contribution in [0.15, 0.2) is 0 Å². The second-order valence-electron chi connectivity index (χ2n) is 5.25. The molecule has 0 aromatic carbocycles. The Morgan fingerprint density at radius 2 is 1.81 bits per heavy atom. The van der Waals surface area contributed by atoms with Crippen LogP contribution in [0.3, 0.4) is 0 Å². The highest BCUT2D eigenvalue weighted by molar-refractivity contribution is 6.28. The molecule has 3 rings (SSSR count). The number of piperidine rings is 1. The summed E-state index contributed by atoms with van der Waals surface area (Å²) < 4.78 is 10.8. The first-order valence-electron chi connectivity index (χ1n) is 7.28. The molecule has 1 aromatic heterocycles. The maximum absolute atomic E-state index is 6.08. The van der Waals surface area contributed by atoms with Crippen molar-refractivity contribution in [2.45, 2.75) is 18.9 Å². The van der Waals surface area contributed by atoms with Crippen LogP contribution in [0.2, 0.25) is 5.28 Å². The summed E-state index contributed by atoms with van der Waals surface area (Å²) in [4.78, 5) is 17.3. The zero-order valence-electron chi connectivity index (χ0n) is 12.2. The lowest BCUT2D eigenvalue weighted by atomic mass is 10.1. The van der Waals surface area contributed by atoms with E-state index in [1.54, 1.807) is 7.11 Å². The lowest BCUT2D eigenvalue weighted by Gasteiger charge is -2.33. The Balaban J connectivity index is 1.80. The summed E-state index contributed by atoms with van der Waals surface area (Å²) in [5.41, 5.74) is 0. The molecule has 3 heterocycles. The number of morpholine rings is 1. The minimum atomic E-state index is 0.223. The van der Waals surface area contributed by atoms with E-state index < -0.39 is 0 Å². The summed E-state index contributed by atoms with van der Waals surface area (Å²) in [5, 5.41) is 0.237. The highest BCUT2D eigenvalue weighted by atomic mass is 35.5. The normalized spacial score (nSPS) is 23.4. The summed E-state index contributed by atoms with van der Waals surface area (Å²) in [5.74, 6) is 1.27. The van der Waals surface area contributed by atoms with Crippen LogP contribution in [0, 0.1) is 0 Å². The van der Waals surface area contributed by atoms with Gasteiger partial charge in [0.05, 0.1) is 19.3 Å². The van der Waals surface area contributed by atoms with Gasteiger partial charge in [-0.05, 0) is 24.4 Å². The van der Waals surface area contributed by atoms with E-state index in [0.717, 1.165) is 39.0 Å². The summed E-state index contributed by atoms with van der Waals surface area (Å²) in [6.07, 6.45) is 2.36. The summed E-state index contributed by atoms with van der Waals surface area (Å²) in [6.45, 7) is 4.64. The highest BCUT2D eigenvalue weighted by Crippen LogP contribution is 2.21. The van der Waals surface area contributed by atoms with Crippen molar-refractivity contribution in [3.05, 3.63) is 5.28 Å². The third kappa shape index (κ3) is 3.53. The van der Waals surface area contributed by atoms with E-state index in [9.17, 15) is 0 Å². The molecule has 116 valence electrons. The van der Waals surface area contributed by atoms with Crippen LogP contribution in [0.25, 0.3) is 0 Å². The number of aromatic nitrogens is 3. The van der Waals surface area contributed by atoms with Crippen LogP contribution in [0.5, 0.6) is 0 Å². The van der Waals surface area contributed by atoms with Crippen LogP contribution >= 0.6 is 11.6 Å². The number of nitrogens with zero attached hydrogens (tertiary/aromatic N) is 5. The molecular weight excluding hydrogens is 294 g/mol. The zero-order chi connectivity index (χ0) is 14.7. The maximum atomic E-state index is 6.08. The maximum Gasteiger partial charge on any atom is 0.231 e. The van der Waals surface area contributed by atoms with Crippen molar-refractivity contribution >= 4 is 23.5 Å². The molecule has 0 spiro atoms. The number of methoxy groups -OCH3 is 1. The molecule has 2 fully saturated rings. The molecular formula is C13H20ClN5O2. The molecule has 2 aliphatic heterocycles. The van der Waals surface area contributed by atoms with Crippen LogP contribution in [-0.2, 0) is 9.47 Å². The molecule has 7 nitrogen and oxygen atoms in total. The van der Waals surface area contributed by atoms with E-state index in [4.69, 9.17) is 21.1 Å². The molecule has 0 saturated carbocycles. The van der Waals surface area contributed by atoms with Gasteiger partial charge in [-0.2, -0.15) is 15.0 Å². The minimum absolute atomic E-state index is 0.223. The molecule has 0 amide bonds. The van der Waals surface area contributed by atoms with Gasteiger partial charge in [0.1, 0.15) is 0 Å². The van der Waals surface area contributed by atoms with Crippen molar-refractivity contribution in [2.75, 3.05) is 56.3 Å². The molecule has 8 heteroatoms. The van der Waals surface area contributed by atoms with Gasteiger partial charge in [0.2, 0.25) is 17.2 Å². The van der Waals surface area contributed by atoms with Crippen LogP contribution in [0.1, 0.15) is 12.8 Å². The molecule has 0 bridgehead atoms. The Labute approximate surface area is 129 Å². The van der Waals surface area contributed by atoms with Crippen molar-refractivity contribution in [3.8, 4) is 0 Å². The summed E-state index contributed by atoms with van der Waals surface area (Å²) in [6, 6.07) is 0. The number of halogens is 1. The van der Waals surface area contributed by atoms with Gasteiger partial charge < -0.3 is 19.3 Å². The number of hydrogen-bond donors (Lipinski definition) is 0. The number of ether oxygens (including phenoxy) is 2. The van der Waals surface area contributed by atoms with Gasteiger partial charge in [0, 0.05) is 33.3 Å². The van der Waals surface area contributed by atoms with Crippen molar-refractivity contribution in [2.24, 2.45) is 0 Å². The number of hydrogen-bond acceptors (Lipinski definition) is 7. The van der Waals surface area contributed by atoms with Gasteiger partial charge in [-0.25, -0.2) is 0 Å². The SMILES string of the molecule is COC1CCCN(c2nc(Cl)nc(N3CCOCC3)n2)C1. The number of anilines is 2. The third-order valence-corrected chi connectivity index (χ3v) is 4.04. The van der Waals surface area contributed by atoms with Crippen LogP contribution < -0.4 is 9.80 Å². The first kappa shape index (κ1) is 14.7. The van der Waals surface area contributed by atoms with Gasteiger partial charge in [0.15, 0.2) is 0 Å². The van der Waals surface area contributed by atoms with Crippen molar-refractivity contribution in [3.63, 3.8) is 0 Å². The van der Waals surface area contributed by atoms with Crippen molar-refractivity contribution in [1.29, 1.82) is 0 Å². The van der Waals surface area contributed by atoms with Gasteiger partial charge in [0.25, 0.3) is 0 Å².